The molecule has 22 heavy (non-hydrogen) atoms. The molecule has 1 aliphatic rings. The van der Waals surface area contributed by atoms with Crippen LogP contribution in [0.4, 0.5) is 5.69 Å². The van der Waals surface area contributed by atoms with Gasteiger partial charge < -0.3 is 5.32 Å². The lowest BCUT2D eigenvalue weighted by atomic mass is 10.0. The second-order valence-electron chi connectivity index (χ2n) is 5.67. The van der Waals surface area contributed by atoms with Gasteiger partial charge in [-0.05, 0) is 32.3 Å². The van der Waals surface area contributed by atoms with Crippen LogP contribution in [-0.4, -0.2) is 19.7 Å². The Hall–Kier alpha value is -2.28. The Morgan fingerprint density at radius 1 is 1.41 bits per heavy atom. The monoisotopic (exact) mass is 301 g/mol. The first-order chi connectivity index (χ1) is 10.5. The van der Waals surface area contributed by atoms with Crippen molar-refractivity contribution in [1.82, 2.24) is 20.1 Å². The summed E-state index contributed by atoms with van der Waals surface area (Å²) in [5, 5.41) is 18.7. The number of nitrogens with zero attached hydrogens (tertiary/aromatic N) is 4. The minimum atomic E-state index is -0.381. The van der Waals surface area contributed by atoms with Crippen molar-refractivity contribution in [1.29, 1.82) is 0 Å². The molecule has 0 saturated carbocycles. The van der Waals surface area contributed by atoms with Gasteiger partial charge in [0.05, 0.1) is 11.0 Å². The number of aryl methyl sites for hydroxylation is 2. The Morgan fingerprint density at radius 3 is 2.82 bits per heavy atom. The Morgan fingerprint density at radius 2 is 2.14 bits per heavy atom. The van der Waals surface area contributed by atoms with Crippen LogP contribution in [0.1, 0.15) is 49.1 Å². The van der Waals surface area contributed by atoms with Gasteiger partial charge in [-0.15, -0.1) is 0 Å². The highest BCUT2D eigenvalue weighted by Gasteiger charge is 2.25. The Balaban J connectivity index is 1.74. The van der Waals surface area contributed by atoms with Crippen LogP contribution in [0.5, 0.6) is 0 Å². The van der Waals surface area contributed by atoms with Crippen molar-refractivity contribution < 1.29 is 4.92 Å². The van der Waals surface area contributed by atoms with Crippen molar-refractivity contribution in [3.63, 3.8) is 0 Å². The largest absolute Gasteiger partial charge is 0.301 e. The number of non-ortho nitro benzene ring substituents is 1. The smallest absolute Gasteiger partial charge is 0.269 e. The van der Waals surface area contributed by atoms with Gasteiger partial charge in [-0.1, -0.05) is 12.1 Å². The van der Waals surface area contributed by atoms with Crippen LogP contribution in [0.3, 0.4) is 0 Å². The maximum atomic E-state index is 10.7. The molecule has 7 nitrogen and oxygen atoms in total. The number of nitro benzene ring substituents is 1. The number of nitrogens with one attached hydrogen (secondary N) is 1. The minimum absolute atomic E-state index is 0.0920. The fraction of sp³-hybridized carbons (Fsp3) is 0.467. The standard InChI is InChI=1S/C15H19N5O2/c1-10(12-5-7-13(8-6-12)20(21)22)16-14-4-3-9-19-15(14)17-11(2)18-19/h5-8,10,14,16H,3-4,9H2,1-2H3/t10-,14+/m1/s1. The highest BCUT2D eigenvalue weighted by atomic mass is 16.6. The molecule has 3 rings (SSSR count). The van der Waals surface area contributed by atoms with Crippen molar-refractivity contribution >= 4 is 5.69 Å². The van der Waals surface area contributed by atoms with Crippen LogP contribution >= 0.6 is 0 Å². The number of fused-ring (bicyclic) bond motifs is 1. The topological polar surface area (TPSA) is 85.9 Å². The van der Waals surface area contributed by atoms with Crippen molar-refractivity contribution in [3.05, 3.63) is 51.6 Å². The predicted molar refractivity (Wildman–Crippen MR) is 81.4 cm³/mol. The third-order valence-electron chi connectivity index (χ3n) is 4.04. The zero-order valence-corrected chi connectivity index (χ0v) is 12.7. The van der Waals surface area contributed by atoms with Gasteiger partial charge in [-0.2, -0.15) is 5.10 Å². The fourth-order valence-corrected chi connectivity index (χ4v) is 2.91. The van der Waals surface area contributed by atoms with Crippen molar-refractivity contribution in [2.24, 2.45) is 0 Å². The van der Waals surface area contributed by atoms with Gasteiger partial charge in [0, 0.05) is 24.7 Å². The van der Waals surface area contributed by atoms with Crippen molar-refractivity contribution in [2.75, 3.05) is 0 Å². The summed E-state index contributed by atoms with van der Waals surface area (Å²) in [4.78, 5) is 14.8. The van der Waals surface area contributed by atoms with E-state index in [1.165, 1.54) is 0 Å². The maximum Gasteiger partial charge on any atom is 0.269 e. The van der Waals surface area contributed by atoms with E-state index in [1.54, 1.807) is 24.3 Å². The van der Waals surface area contributed by atoms with Gasteiger partial charge >= 0.3 is 0 Å². The molecule has 1 aromatic heterocycles. The van der Waals surface area contributed by atoms with E-state index >= 15 is 0 Å². The van der Waals surface area contributed by atoms with Crippen molar-refractivity contribution in [2.45, 2.75) is 45.3 Å². The first-order valence-electron chi connectivity index (χ1n) is 7.46. The minimum Gasteiger partial charge on any atom is -0.301 e. The number of benzene rings is 1. The lowest BCUT2D eigenvalue weighted by Crippen LogP contribution is -2.30. The molecule has 7 heteroatoms. The third-order valence-corrected chi connectivity index (χ3v) is 4.04. The number of aromatic nitrogens is 3. The molecule has 1 aliphatic heterocycles. The molecule has 2 aromatic rings. The molecule has 0 aliphatic carbocycles. The summed E-state index contributed by atoms with van der Waals surface area (Å²) in [7, 11) is 0. The van der Waals surface area contributed by atoms with E-state index in [0.717, 1.165) is 36.6 Å². The van der Waals surface area contributed by atoms with Crippen LogP contribution in [0.25, 0.3) is 0 Å². The summed E-state index contributed by atoms with van der Waals surface area (Å²) in [5.41, 5.74) is 1.14. The predicted octanol–water partition coefficient (Wildman–Crippen LogP) is 2.68. The zero-order chi connectivity index (χ0) is 15.7. The molecular formula is C15H19N5O2. The number of nitro groups is 1. The SMILES string of the molecule is Cc1nc2n(n1)CCC[C@@H]2N[C@H](C)c1ccc([N+](=O)[O-])cc1. The summed E-state index contributed by atoms with van der Waals surface area (Å²) in [6.07, 6.45) is 2.09. The van der Waals surface area contributed by atoms with E-state index in [0.29, 0.717) is 0 Å². The molecule has 1 N–H and O–H groups in total. The average Bonchev–Trinajstić information content (AvgIpc) is 2.88. The second kappa shape index (κ2) is 5.84. The number of hydrogen-bond donors (Lipinski definition) is 1. The van der Waals surface area contributed by atoms with Crippen LogP contribution in [0.2, 0.25) is 0 Å². The van der Waals surface area contributed by atoms with Gasteiger partial charge in [-0.3, -0.25) is 10.1 Å². The highest BCUT2D eigenvalue weighted by molar-refractivity contribution is 5.34. The molecule has 0 radical (unpaired) electrons. The van der Waals surface area contributed by atoms with Gasteiger partial charge in [0.15, 0.2) is 0 Å². The average molecular weight is 301 g/mol. The molecular weight excluding hydrogens is 282 g/mol. The Bertz CT molecular complexity index is 680. The molecule has 0 unspecified atom stereocenters. The van der Waals surface area contributed by atoms with Gasteiger partial charge in [0.25, 0.3) is 5.69 Å². The molecule has 0 amide bonds. The van der Waals surface area contributed by atoms with E-state index in [1.807, 2.05) is 11.6 Å². The van der Waals surface area contributed by atoms with Crippen molar-refractivity contribution in [3.8, 4) is 0 Å². The van der Waals surface area contributed by atoms with E-state index in [2.05, 4.69) is 22.3 Å². The summed E-state index contributed by atoms with van der Waals surface area (Å²) >= 11 is 0. The highest BCUT2D eigenvalue weighted by Crippen LogP contribution is 2.27. The van der Waals surface area contributed by atoms with Gasteiger partial charge in [0.2, 0.25) is 0 Å². The van der Waals surface area contributed by atoms with E-state index in [4.69, 9.17) is 0 Å². The van der Waals surface area contributed by atoms with Crippen LogP contribution in [0.15, 0.2) is 24.3 Å². The van der Waals surface area contributed by atoms with Gasteiger partial charge in [-0.25, -0.2) is 9.67 Å². The molecule has 116 valence electrons. The Labute approximate surface area is 128 Å². The molecule has 2 atom stereocenters. The maximum absolute atomic E-state index is 10.7. The molecule has 0 spiro atoms. The number of hydrogen-bond acceptors (Lipinski definition) is 5. The fourth-order valence-electron chi connectivity index (χ4n) is 2.91. The lowest BCUT2D eigenvalue weighted by Gasteiger charge is -2.26. The summed E-state index contributed by atoms with van der Waals surface area (Å²) < 4.78 is 1.97. The first kappa shape index (κ1) is 14.6. The summed E-state index contributed by atoms with van der Waals surface area (Å²) in [6, 6.07) is 6.94. The molecule has 0 bridgehead atoms. The van der Waals surface area contributed by atoms with Crippen LogP contribution < -0.4 is 5.32 Å². The summed E-state index contributed by atoms with van der Waals surface area (Å²) in [6.45, 7) is 4.88. The lowest BCUT2D eigenvalue weighted by molar-refractivity contribution is -0.384. The van der Waals surface area contributed by atoms with Crippen LogP contribution in [-0.2, 0) is 6.54 Å². The molecule has 0 fully saturated rings. The third kappa shape index (κ3) is 2.85. The zero-order valence-electron chi connectivity index (χ0n) is 12.7. The normalized spacial score (nSPS) is 18.7. The first-order valence-corrected chi connectivity index (χ1v) is 7.46. The van der Waals surface area contributed by atoms with E-state index in [-0.39, 0.29) is 22.7 Å². The quantitative estimate of drug-likeness (QED) is 0.693. The van der Waals surface area contributed by atoms with Gasteiger partial charge in [0.1, 0.15) is 11.6 Å². The van der Waals surface area contributed by atoms with E-state index in [9.17, 15) is 10.1 Å². The molecule has 2 heterocycles. The molecule has 1 aromatic carbocycles. The Kier molecular flexibility index (Phi) is 3.89. The second-order valence-corrected chi connectivity index (χ2v) is 5.67. The van der Waals surface area contributed by atoms with E-state index < -0.39 is 0 Å². The summed E-state index contributed by atoms with van der Waals surface area (Å²) in [5.74, 6) is 1.78. The molecule has 0 saturated heterocycles. The van der Waals surface area contributed by atoms with Crippen LogP contribution in [0, 0.1) is 17.0 Å². The number of rotatable bonds is 4.